The lowest BCUT2D eigenvalue weighted by atomic mass is 10.2. The van der Waals surface area contributed by atoms with Crippen LogP contribution < -0.4 is 4.74 Å². The fraction of sp³-hybridized carbons (Fsp3) is 0.0714. The third kappa shape index (κ3) is 2.10. The fourth-order valence-corrected chi connectivity index (χ4v) is 2.91. The van der Waals surface area contributed by atoms with Gasteiger partial charge in [-0.1, -0.05) is 29.3 Å². The smallest absolute Gasteiger partial charge is 0.182 e. The van der Waals surface area contributed by atoms with Crippen LogP contribution in [0, 0.1) is 4.77 Å². The molecule has 102 valence electrons. The largest absolute Gasteiger partial charge is 0.495 e. The SMILES string of the molecule is COc1ccc(Cl)cc1-n1c(=S)[nH]c2cccc(Cl)c21. The lowest BCUT2D eigenvalue weighted by Gasteiger charge is -2.11. The van der Waals surface area contributed by atoms with Crippen molar-refractivity contribution in [2.24, 2.45) is 0 Å². The molecule has 0 aliphatic carbocycles. The molecule has 0 spiro atoms. The summed E-state index contributed by atoms with van der Waals surface area (Å²) in [6.07, 6.45) is 0. The molecular formula is C14H10Cl2N2OS. The number of methoxy groups -OCH3 is 1. The number of nitrogens with one attached hydrogen (secondary N) is 1. The van der Waals surface area contributed by atoms with Crippen LogP contribution in [0.5, 0.6) is 5.75 Å². The second-order valence-corrected chi connectivity index (χ2v) is 5.45. The molecular weight excluding hydrogens is 315 g/mol. The van der Waals surface area contributed by atoms with Crippen LogP contribution in [0.2, 0.25) is 10.0 Å². The third-order valence-electron chi connectivity index (χ3n) is 3.04. The Morgan fingerprint density at radius 3 is 2.75 bits per heavy atom. The van der Waals surface area contributed by atoms with E-state index in [9.17, 15) is 0 Å². The van der Waals surface area contributed by atoms with Crippen molar-refractivity contribution in [1.29, 1.82) is 0 Å². The number of para-hydroxylation sites is 1. The number of aromatic amines is 1. The van der Waals surface area contributed by atoms with E-state index in [1.165, 1.54) is 0 Å². The van der Waals surface area contributed by atoms with E-state index >= 15 is 0 Å². The fourth-order valence-electron chi connectivity index (χ4n) is 2.18. The Balaban J connectivity index is 2.44. The summed E-state index contributed by atoms with van der Waals surface area (Å²) in [6, 6.07) is 11.0. The van der Waals surface area contributed by atoms with Gasteiger partial charge >= 0.3 is 0 Å². The van der Waals surface area contributed by atoms with Crippen molar-refractivity contribution < 1.29 is 4.74 Å². The Hall–Kier alpha value is -1.49. The van der Waals surface area contributed by atoms with Crippen LogP contribution in [0.4, 0.5) is 0 Å². The summed E-state index contributed by atoms with van der Waals surface area (Å²) in [7, 11) is 1.60. The zero-order chi connectivity index (χ0) is 14.3. The molecule has 0 bridgehead atoms. The molecule has 0 aliphatic heterocycles. The highest BCUT2D eigenvalue weighted by molar-refractivity contribution is 7.71. The Morgan fingerprint density at radius 1 is 1.20 bits per heavy atom. The van der Waals surface area contributed by atoms with Crippen LogP contribution in [0.1, 0.15) is 0 Å². The van der Waals surface area contributed by atoms with Crippen LogP contribution in [-0.2, 0) is 0 Å². The first-order valence-corrected chi connectivity index (χ1v) is 7.01. The van der Waals surface area contributed by atoms with Crippen molar-refractivity contribution in [2.45, 2.75) is 0 Å². The maximum absolute atomic E-state index is 6.30. The number of H-pyrrole nitrogens is 1. The van der Waals surface area contributed by atoms with Gasteiger partial charge in [0.2, 0.25) is 0 Å². The van der Waals surface area contributed by atoms with Crippen molar-refractivity contribution in [1.82, 2.24) is 9.55 Å². The number of hydrogen-bond acceptors (Lipinski definition) is 2. The summed E-state index contributed by atoms with van der Waals surface area (Å²) in [5, 5.41) is 1.21. The average Bonchev–Trinajstić information content (AvgIpc) is 2.76. The first-order valence-electron chi connectivity index (χ1n) is 5.85. The minimum absolute atomic E-state index is 0.536. The molecule has 20 heavy (non-hydrogen) atoms. The number of imidazole rings is 1. The van der Waals surface area contributed by atoms with Crippen LogP contribution in [0.3, 0.4) is 0 Å². The van der Waals surface area contributed by atoms with E-state index in [0.717, 1.165) is 16.7 Å². The standard InChI is InChI=1S/C14H10Cl2N2OS/c1-19-12-6-5-8(15)7-11(12)18-13-9(16)3-2-4-10(13)17-14(18)20/h2-7H,1H3,(H,17,20). The summed E-state index contributed by atoms with van der Waals surface area (Å²) in [5.74, 6) is 0.673. The molecule has 3 aromatic rings. The maximum Gasteiger partial charge on any atom is 0.182 e. The van der Waals surface area contributed by atoms with Gasteiger partial charge in [0.1, 0.15) is 5.75 Å². The molecule has 2 aromatic carbocycles. The minimum atomic E-state index is 0.536. The van der Waals surface area contributed by atoms with E-state index < -0.39 is 0 Å². The highest BCUT2D eigenvalue weighted by Crippen LogP contribution is 2.32. The molecule has 0 amide bonds. The van der Waals surface area contributed by atoms with Gasteiger partial charge < -0.3 is 9.72 Å². The van der Waals surface area contributed by atoms with Crippen molar-refractivity contribution in [3.8, 4) is 11.4 Å². The van der Waals surface area contributed by atoms with Gasteiger partial charge in [-0.3, -0.25) is 4.57 Å². The van der Waals surface area contributed by atoms with Gasteiger partial charge in [0.25, 0.3) is 0 Å². The quantitative estimate of drug-likeness (QED) is 0.672. The molecule has 1 aromatic heterocycles. The molecule has 0 saturated carbocycles. The van der Waals surface area contributed by atoms with E-state index in [2.05, 4.69) is 4.98 Å². The second-order valence-electron chi connectivity index (χ2n) is 4.22. The van der Waals surface area contributed by atoms with Crippen LogP contribution in [0.15, 0.2) is 36.4 Å². The van der Waals surface area contributed by atoms with Crippen molar-refractivity contribution in [2.75, 3.05) is 7.11 Å². The normalized spacial score (nSPS) is 10.9. The second kappa shape index (κ2) is 5.13. The van der Waals surface area contributed by atoms with Gasteiger partial charge in [0.15, 0.2) is 4.77 Å². The van der Waals surface area contributed by atoms with Crippen LogP contribution >= 0.6 is 35.4 Å². The number of rotatable bonds is 2. The first kappa shape index (κ1) is 13.5. The summed E-state index contributed by atoms with van der Waals surface area (Å²) < 4.78 is 7.75. The molecule has 0 radical (unpaired) electrons. The molecule has 0 unspecified atom stereocenters. The number of hydrogen-bond donors (Lipinski definition) is 1. The van der Waals surface area contributed by atoms with Crippen LogP contribution in [-0.4, -0.2) is 16.7 Å². The van der Waals surface area contributed by atoms with Gasteiger partial charge in [0, 0.05) is 5.02 Å². The van der Waals surface area contributed by atoms with Gasteiger partial charge in [-0.15, -0.1) is 0 Å². The lowest BCUT2D eigenvalue weighted by molar-refractivity contribution is 0.413. The highest BCUT2D eigenvalue weighted by atomic mass is 35.5. The number of nitrogens with zero attached hydrogens (tertiary/aromatic N) is 1. The number of ether oxygens (including phenoxy) is 1. The summed E-state index contributed by atoms with van der Waals surface area (Å²) in [6.45, 7) is 0. The number of fused-ring (bicyclic) bond motifs is 1. The molecule has 0 saturated heterocycles. The van der Waals surface area contributed by atoms with E-state index in [4.69, 9.17) is 40.2 Å². The van der Waals surface area contributed by atoms with E-state index in [-0.39, 0.29) is 0 Å². The molecule has 0 aliphatic rings. The van der Waals surface area contributed by atoms with Crippen LogP contribution in [0.25, 0.3) is 16.7 Å². The van der Waals surface area contributed by atoms with Gasteiger partial charge in [0.05, 0.1) is 28.9 Å². The number of aromatic nitrogens is 2. The molecule has 0 fully saturated rings. The van der Waals surface area contributed by atoms with E-state index in [1.54, 1.807) is 25.3 Å². The lowest BCUT2D eigenvalue weighted by Crippen LogP contribution is -1.98. The Bertz CT molecular complexity index is 854. The summed E-state index contributed by atoms with van der Waals surface area (Å²) in [4.78, 5) is 3.13. The minimum Gasteiger partial charge on any atom is -0.495 e. The van der Waals surface area contributed by atoms with Gasteiger partial charge in [-0.05, 0) is 42.5 Å². The predicted molar refractivity (Wildman–Crippen MR) is 85.0 cm³/mol. The maximum atomic E-state index is 6.30. The number of halogens is 2. The molecule has 1 N–H and O–H groups in total. The molecule has 3 rings (SSSR count). The zero-order valence-electron chi connectivity index (χ0n) is 10.5. The predicted octanol–water partition coefficient (Wildman–Crippen LogP) is 5.00. The van der Waals surface area contributed by atoms with E-state index in [0.29, 0.717) is 20.6 Å². The molecule has 1 heterocycles. The summed E-state index contributed by atoms with van der Waals surface area (Å²) >= 11 is 17.8. The van der Waals surface area contributed by atoms with Gasteiger partial charge in [-0.25, -0.2) is 0 Å². The Labute approximate surface area is 130 Å². The highest BCUT2D eigenvalue weighted by Gasteiger charge is 2.14. The third-order valence-corrected chi connectivity index (χ3v) is 3.86. The Kier molecular flexibility index (Phi) is 3.46. The van der Waals surface area contributed by atoms with Gasteiger partial charge in [-0.2, -0.15) is 0 Å². The Morgan fingerprint density at radius 2 is 2.00 bits per heavy atom. The topological polar surface area (TPSA) is 29.9 Å². The average molecular weight is 325 g/mol. The zero-order valence-corrected chi connectivity index (χ0v) is 12.8. The number of benzene rings is 2. The first-order chi connectivity index (χ1) is 9.61. The van der Waals surface area contributed by atoms with Crippen molar-refractivity contribution in [3.05, 3.63) is 51.2 Å². The summed E-state index contributed by atoms with van der Waals surface area (Å²) in [5.41, 5.74) is 2.42. The van der Waals surface area contributed by atoms with Crippen molar-refractivity contribution >= 4 is 46.5 Å². The van der Waals surface area contributed by atoms with Crippen molar-refractivity contribution in [3.63, 3.8) is 0 Å². The molecule has 6 heteroatoms. The molecule has 3 nitrogen and oxygen atoms in total. The van der Waals surface area contributed by atoms with E-state index in [1.807, 2.05) is 22.8 Å². The molecule has 0 atom stereocenters. The monoisotopic (exact) mass is 324 g/mol.